The summed E-state index contributed by atoms with van der Waals surface area (Å²) in [7, 11) is 0. The third-order valence-electron chi connectivity index (χ3n) is 5.90. The van der Waals surface area contributed by atoms with E-state index in [1.54, 1.807) is 0 Å². The fourth-order valence-electron chi connectivity index (χ4n) is 3.89. The SMILES string of the molecule is O=C(CCC1CCN(c2nnc(C3CCC3)o2)CC1)N1CCOCC1. The van der Waals surface area contributed by atoms with Crippen LogP contribution in [-0.2, 0) is 9.53 Å². The second-order valence-electron chi connectivity index (χ2n) is 7.51. The molecule has 0 atom stereocenters. The van der Waals surface area contributed by atoms with Crippen molar-refractivity contribution in [3.8, 4) is 0 Å². The van der Waals surface area contributed by atoms with Gasteiger partial charge < -0.3 is 19.0 Å². The van der Waals surface area contributed by atoms with Crippen LogP contribution in [0.1, 0.15) is 56.8 Å². The number of carbonyl (C=O) groups excluding carboxylic acids is 1. The predicted molar refractivity (Wildman–Crippen MR) is 92.5 cm³/mol. The van der Waals surface area contributed by atoms with Crippen LogP contribution < -0.4 is 4.90 Å². The minimum absolute atomic E-state index is 0.285. The average molecular weight is 348 g/mol. The van der Waals surface area contributed by atoms with Gasteiger partial charge in [-0.2, -0.15) is 0 Å². The molecule has 4 rings (SSSR count). The lowest BCUT2D eigenvalue weighted by atomic mass is 9.85. The maximum Gasteiger partial charge on any atom is 0.318 e. The molecule has 1 saturated carbocycles. The highest BCUT2D eigenvalue weighted by molar-refractivity contribution is 5.76. The molecule has 0 aromatic carbocycles. The number of hydrogen-bond donors (Lipinski definition) is 0. The van der Waals surface area contributed by atoms with Gasteiger partial charge in [0, 0.05) is 38.5 Å². The zero-order chi connectivity index (χ0) is 17.1. The smallest absolute Gasteiger partial charge is 0.318 e. The first-order valence-corrected chi connectivity index (χ1v) is 9.73. The Bertz CT molecular complexity index is 573. The highest BCUT2D eigenvalue weighted by Gasteiger charge is 2.28. The Hall–Kier alpha value is -1.63. The van der Waals surface area contributed by atoms with Gasteiger partial charge in [0.15, 0.2) is 0 Å². The highest BCUT2D eigenvalue weighted by Crippen LogP contribution is 2.36. The Kier molecular flexibility index (Phi) is 5.20. The fourth-order valence-corrected chi connectivity index (χ4v) is 3.89. The second kappa shape index (κ2) is 7.72. The van der Waals surface area contributed by atoms with Crippen LogP contribution in [0, 0.1) is 5.92 Å². The van der Waals surface area contributed by atoms with Crippen LogP contribution in [0.5, 0.6) is 0 Å². The summed E-state index contributed by atoms with van der Waals surface area (Å²) in [4.78, 5) is 16.4. The minimum Gasteiger partial charge on any atom is -0.408 e. The van der Waals surface area contributed by atoms with E-state index in [-0.39, 0.29) is 5.91 Å². The van der Waals surface area contributed by atoms with Crippen molar-refractivity contribution in [2.45, 2.75) is 50.9 Å². The molecule has 1 aromatic rings. The van der Waals surface area contributed by atoms with Crippen LogP contribution in [0.2, 0.25) is 0 Å². The Morgan fingerprint density at radius 1 is 1.04 bits per heavy atom. The van der Waals surface area contributed by atoms with Gasteiger partial charge >= 0.3 is 6.01 Å². The van der Waals surface area contributed by atoms with Gasteiger partial charge in [-0.3, -0.25) is 4.79 Å². The molecule has 7 heteroatoms. The fraction of sp³-hybridized carbons (Fsp3) is 0.833. The van der Waals surface area contributed by atoms with E-state index >= 15 is 0 Å². The first-order chi connectivity index (χ1) is 12.3. The van der Waals surface area contributed by atoms with Gasteiger partial charge in [0.05, 0.1) is 13.2 Å². The van der Waals surface area contributed by atoms with Crippen molar-refractivity contribution in [1.29, 1.82) is 0 Å². The topological polar surface area (TPSA) is 71.7 Å². The number of piperidine rings is 1. The average Bonchev–Trinajstić information content (AvgIpc) is 3.09. The van der Waals surface area contributed by atoms with E-state index in [1.165, 1.54) is 19.3 Å². The number of aromatic nitrogens is 2. The first-order valence-electron chi connectivity index (χ1n) is 9.73. The largest absolute Gasteiger partial charge is 0.408 e. The molecule has 7 nitrogen and oxygen atoms in total. The lowest BCUT2D eigenvalue weighted by Gasteiger charge is -2.31. The molecule has 0 unspecified atom stereocenters. The van der Waals surface area contributed by atoms with Crippen LogP contribution in [0.3, 0.4) is 0 Å². The van der Waals surface area contributed by atoms with Crippen molar-refractivity contribution in [1.82, 2.24) is 15.1 Å². The van der Waals surface area contributed by atoms with Crippen molar-refractivity contribution in [2.24, 2.45) is 5.92 Å². The molecule has 1 amide bonds. The van der Waals surface area contributed by atoms with Gasteiger partial charge in [0.25, 0.3) is 0 Å². The van der Waals surface area contributed by atoms with Crippen LogP contribution in [-0.4, -0.2) is 60.4 Å². The molecule has 0 spiro atoms. The third-order valence-corrected chi connectivity index (χ3v) is 5.90. The van der Waals surface area contributed by atoms with Crippen LogP contribution in [0.15, 0.2) is 4.42 Å². The van der Waals surface area contributed by atoms with E-state index < -0.39 is 0 Å². The van der Waals surface area contributed by atoms with Gasteiger partial charge in [-0.15, -0.1) is 5.10 Å². The van der Waals surface area contributed by atoms with Crippen LogP contribution >= 0.6 is 0 Å². The van der Waals surface area contributed by atoms with Crippen LogP contribution in [0.4, 0.5) is 6.01 Å². The summed E-state index contributed by atoms with van der Waals surface area (Å²) in [6.07, 6.45) is 7.48. The Morgan fingerprint density at radius 3 is 2.48 bits per heavy atom. The molecule has 0 N–H and O–H groups in total. The van der Waals surface area contributed by atoms with E-state index in [1.807, 2.05) is 4.90 Å². The molecular formula is C18H28N4O3. The summed E-state index contributed by atoms with van der Waals surface area (Å²) in [6, 6.07) is 0.685. The third kappa shape index (κ3) is 3.97. The highest BCUT2D eigenvalue weighted by atomic mass is 16.5. The van der Waals surface area contributed by atoms with Gasteiger partial charge in [-0.1, -0.05) is 11.5 Å². The molecule has 1 aromatic heterocycles. The standard InChI is InChI=1S/C18H28N4O3/c23-16(21-10-12-24-13-11-21)5-4-14-6-8-22(9-7-14)18-20-19-17(25-18)15-2-1-3-15/h14-15H,1-13H2. The number of hydrogen-bond acceptors (Lipinski definition) is 6. The number of morpholine rings is 1. The lowest BCUT2D eigenvalue weighted by molar-refractivity contribution is -0.135. The van der Waals surface area contributed by atoms with E-state index in [0.717, 1.165) is 51.3 Å². The maximum atomic E-state index is 12.3. The quantitative estimate of drug-likeness (QED) is 0.812. The summed E-state index contributed by atoms with van der Waals surface area (Å²) >= 11 is 0. The second-order valence-corrected chi connectivity index (χ2v) is 7.51. The van der Waals surface area contributed by atoms with Crippen molar-refractivity contribution < 1.29 is 13.9 Å². The van der Waals surface area contributed by atoms with Crippen LogP contribution in [0.25, 0.3) is 0 Å². The maximum absolute atomic E-state index is 12.3. The van der Waals surface area contributed by atoms with Gasteiger partial charge in [0.2, 0.25) is 11.8 Å². The Balaban J connectivity index is 1.20. The van der Waals surface area contributed by atoms with E-state index in [2.05, 4.69) is 15.1 Å². The number of anilines is 1. The number of amides is 1. The number of rotatable bonds is 5. The summed E-state index contributed by atoms with van der Waals surface area (Å²) in [5.74, 6) is 2.22. The molecule has 0 bridgehead atoms. The van der Waals surface area contributed by atoms with Gasteiger partial charge in [-0.05, 0) is 38.0 Å². The summed E-state index contributed by atoms with van der Waals surface area (Å²) < 4.78 is 11.2. The number of carbonyl (C=O) groups is 1. The van der Waals surface area contributed by atoms with E-state index in [9.17, 15) is 4.79 Å². The molecule has 0 radical (unpaired) electrons. The van der Waals surface area contributed by atoms with Crippen molar-refractivity contribution in [3.05, 3.63) is 5.89 Å². The summed E-state index contributed by atoms with van der Waals surface area (Å²) in [6.45, 7) is 4.75. The van der Waals surface area contributed by atoms with Crippen molar-refractivity contribution in [3.63, 3.8) is 0 Å². The zero-order valence-corrected chi connectivity index (χ0v) is 14.9. The van der Waals surface area contributed by atoms with E-state index in [4.69, 9.17) is 9.15 Å². The first kappa shape index (κ1) is 16.8. The monoisotopic (exact) mass is 348 g/mol. The zero-order valence-electron chi connectivity index (χ0n) is 14.9. The Labute approximate surface area is 148 Å². The van der Waals surface area contributed by atoms with E-state index in [0.29, 0.717) is 37.5 Å². The lowest BCUT2D eigenvalue weighted by Crippen LogP contribution is -2.41. The van der Waals surface area contributed by atoms with Crippen molar-refractivity contribution >= 4 is 11.9 Å². The molecule has 3 aliphatic rings. The number of ether oxygens (including phenoxy) is 1. The predicted octanol–water partition coefficient (Wildman–Crippen LogP) is 2.19. The van der Waals surface area contributed by atoms with Gasteiger partial charge in [0.1, 0.15) is 0 Å². The molecule has 1 aliphatic carbocycles. The minimum atomic E-state index is 0.285. The molecule has 138 valence electrons. The molecule has 25 heavy (non-hydrogen) atoms. The molecule has 3 fully saturated rings. The molecular weight excluding hydrogens is 320 g/mol. The van der Waals surface area contributed by atoms with Crippen molar-refractivity contribution in [2.75, 3.05) is 44.3 Å². The molecule has 2 aliphatic heterocycles. The van der Waals surface area contributed by atoms with Gasteiger partial charge in [-0.25, -0.2) is 0 Å². The molecule has 2 saturated heterocycles. The Morgan fingerprint density at radius 2 is 1.80 bits per heavy atom. The normalized spacial score (nSPS) is 22.9. The summed E-state index contributed by atoms with van der Waals surface area (Å²) in [5.41, 5.74) is 0. The molecule has 3 heterocycles. The number of nitrogens with zero attached hydrogens (tertiary/aromatic N) is 4. The summed E-state index contributed by atoms with van der Waals surface area (Å²) in [5, 5.41) is 8.46.